The molecule has 2 aromatic rings. The summed E-state index contributed by atoms with van der Waals surface area (Å²) < 4.78 is 5.52. The van der Waals surface area contributed by atoms with Crippen molar-refractivity contribution in [3.05, 3.63) is 39.8 Å². The number of hydrogen-bond donors (Lipinski definition) is 2. The van der Waals surface area contributed by atoms with Crippen LogP contribution in [0.25, 0.3) is 10.2 Å². The molecule has 2 aliphatic heterocycles. The predicted molar refractivity (Wildman–Crippen MR) is 157 cm³/mol. The number of amides is 2. The van der Waals surface area contributed by atoms with Gasteiger partial charge in [-0.3, -0.25) is 14.4 Å². The van der Waals surface area contributed by atoms with Gasteiger partial charge in [0, 0.05) is 24.4 Å². The van der Waals surface area contributed by atoms with Gasteiger partial charge in [-0.2, -0.15) is 0 Å². The third-order valence-electron chi connectivity index (χ3n) is 9.20. The van der Waals surface area contributed by atoms with Crippen molar-refractivity contribution in [2.75, 3.05) is 32.1 Å². The molecule has 0 radical (unpaired) electrons. The van der Waals surface area contributed by atoms with E-state index in [1.54, 1.807) is 17.4 Å². The van der Waals surface area contributed by atoms with Crippen LogP contribution in [0, 0.1) is 5.92 Å². The SMILES string of the molecule is CC(/C=C(\C=O)Nc1ncnc2sc3c(c12)CC[C@H](C(=O)N1CCOCC1C)C3)=C1\C(=O)NC2(CCCCC2)N1C. The fourth-order valence-corrected chi connectivity index (χ4v) is 8.27. The maximum atomic E-state index is 13.3. The summed E-state index contributed by atoms with van der Waals surface area (Å²) in [5, 5.41) is 7.36. The number of likely N-dealkylation sites (N-methyl/N-ethyl adjacent to an activating group) is 1. The van der Waals surface area contributed by atoms with Crippen molar-refractivity contribution in [1.29, 1.82) is 0 Å². The molecule has 1 unspecified atom stereocenters. The van der Waals surface area contributed by atoms with Crippen LogP contribution in [-0.4, -0.2) is 76.4 Å². The summed E-state index contributed by atoms with van der Waals surface area (Å²) in [5.74, 6) is 0.629. The number of fused-ring (bicyclic) bond motifs is 3. The largest absolute Gasteiger partial charge is 0.377 e. The minimum atomic E-state index is -0.331. The second-order valence-corrected chi connectivity index (χ2v) is 12.9. The molecule has 2 saturated heterocycles. The van der Waals surface area contributed by atoms with Crippen molar-refractivity contribution < 1.29 is 19.1 Å². The number of nitrogens with one attached hydrogen (secondary N) is 2. The lowest BCUT2D eigenvalue weighted by Crippen LogP contribution is -2.51. The van der Waals surface area contributed by atoms with E-state index in [0.29, 0.717) is 43.4 Å². The number of hydrogen-bond acceptors (Lipinski definition) is 9. The monoisotopic (exact) mass is 578 g/mol. The van der Waals surface area contributed by atoms with Gasteiger partial charge in [0.15, 0.2) is 6.29 Å². The number of aryl methyl sites for hydroxylation is 1. The zero-order valence-corrected chi connectivity index (χ0v) is 24.8. The minimum absolute atomic E-state index is 0.0535. The number of ether oxygens (including phenoxy) is 1. The highest BCUT2D eigenvalue weighted by atomic mass is 32.1. The lowest BCUT2D eigenvalue weighted by molar-refractivity contribution is -0.143. The molecule has 2 atom stereocenters. The van der Waals surface area contributed by atoms with Gasteiger partial charge in [0.2, 0.25) is 5.91 Å². The smallest absolute Gasteiger partial charge is 0.269 e. The predicted octanol–water partition coefficient (Wildman–Crippen LogP) is 3.53. The molecule has 0 bridgehead atoms. The highest BCUT2D eigenvalue weighted by molar-refractivity contribution is 7.19. The molecule has 2 aliphatic carbocycles. The fourth-order valence-electron chi connectivity index (χ4n) is 7.00. The van der Waals surface area contributed by atoms with Gasteiger partial charge >= 0.3 is 0 Å². The van der Waals surface area contributed by atoms with Crippen LogP contribution in [-0.2, 0) is 32.0 Å². The Balaban J connectivity index is 1.25. The molecule has 6 rings (SSSR count). The summed E-state index contributed by atoms with van der Waals surface area (Å²) in [6.07, 6.45) is 11.4. The van der Waals surface area contributed by atoms with Crippen LogP contribution in [0.5, 0.6) is 0 Å². The topological polar surface area (TPSA) is 117 Å². The number of allylic oxidation sites excluding steroid dienone is 3. The molecule has 3 fully saturated rings. The number of carbonyl (C=O) groups excluding carboxylic acids is 3. The quantitative estimate of drug-likeness (QED) is 0.409. The Labute approximate surface area is 244 Å². The summed E-state index contributed by atoms with van der Waals surface area (Å²) in [7, 11) is 1.97. The highest BCUT2D eigenvalue weighted by Gasteiger charge is 2.46. The van der Waals surface area contributed by atoms with E-state index in [4.69, 9.17) is 4.74 Å². The van der Waals surface area contributed by atoms with Crippen molar-refractivity contribution in [3.63, 3.8) is 0 Å². The zero-order valence-electron chi connectivity index (χ0n) is 24.0. The van der Waals surface area contributed by atoms with Crippen molar-refractivity contribution in [1.82, 2.24) is 25.1 Å². The molecule has 4 aliphatic rings. The molecular weight excluding hydrogens is 540 g/mol. The van der Waals surface area contributed by atoms with E-state index < -0.39 is 0 Å². The Morgan fingerprint density at radius 1 is 1.27 bits per heavy atom. The number of thiophene rings is 1. The van der Waals surface area contributed by atoms with Gasteiger partial charge in [-0.25, -0.2) is 9.97 Å². The number of nitrogens with zero attached hydrogens (tertiary/aromatic N) is 4. The molecule has 0 aromatic carbocycles. The lowest BCUT2D eigenvalue weighted by Gasteiger charge is -2.40. The van der Waals surface area contributed by atoms with Gasteiger partial charge in [0.1, 0.15) is 28.3 Å². The third kappa shape index (κ3) is 5.03. The lowest BCUT2D eigenvalue weighted by atomic mass is 9.86. The highest BCUT2D eigenvalue weighted by Crippen LogP contribution is 2.41. The first-order valence-electron chi connectivity index (χ1n) is 14.7. The van der Waals surface area contributed by atoms with Gasteiger partial charge in [-0.05, 0) is 76.0 Å². The van der Waals surface area contributed by atoms with Crippen LogP contribution in [0.1, 0.15) is 62.8 Å². The average molecular weight is 579 g/mol. The van der Waals surface area contributed by atoms with Crippen LogP contribution in [0.4, 0.5) is 5.82 Å². The molecule has 4 heterocycles. The summed E-state index contributed by atoms with van der Waals surface area (Å²) in [6, 6.07) is 0.0944. The molecule has 2 N–H and O–H groups in total. The van der Waals surface area contributed by atoms with E-state index in [-0.39, 0.29) is 29.4 Å². The van der Waals surface area contributed by atoms with Crippen molar-refractivity contribution >= 4 is 45.5 Å². The summed E-state index contributed by atoms with van der Waals surface area (Å²) >= 11 is 1.60. The van der Waals surface area contributed by atoms with E-state index in [1.807, 2.05) is 25.8 Å². The molecule has 1 saturated carbocycles. The molecule has 218 valence electrons. The van der Waals surface area contributed by atoms with E-state index >= 15 is 0 Å². The Hall–Kier alpha value is -3.31. The Kier molecular flexibility index (Phi) is 7.58. The maximum Gasteiger partial charge on any atom is 0.269 e. The molecule has 41 heavy (non-hydrogen) atoms. The van der Waals surface area contributed by atoms with E-state index in [2.05, 4.69) is 25.5 Å². The normalized spacial score (nSPS) is 25.7. The second kappa shape index (κ2) is 11.2. The number of aromatic nitrogens is 2. The molecule has 1 spiro atoms. The van der Waals surface area contributed by atoms with E-state index in [1.165, 1.54) is 12.7 Å². The van der Waals surface area contributed by atoms with Crippen LogP contribution in [0.15, 0.2) is 29.4 Å². The van der Waals surface area contributed by atoms with E-state index in [9.17, 15) is 14.4 Å². The van der Waals surface area contributed by atoms with Gasteiger partial charge < -0.3 is 25.2 Å². The standard InChI is InChI=1S/C30H38N6O4S/c1-18(25-27(38)34-30(35(25)3)9-5-4-6-10-30)13-21(15-37)33-26-24-22-8-7-20(14-23(22)41-28(24)32-17-31-26)29(39)36-11-12-40-16-19(36)2/h13,15,17,19-20H,4-12,14,16H2,1-3H3,(H,34,38)(H,31,32,33)/b21-13+,25-18-/t19?,20-/m0/s1. The average Bonchev–Trinajstić information content (AvgIpc) is 3.46. The number of carbonyl (C=O) groups is 3. The zero-order chi connectivity index (χ0) is 28.7. The molecule has 2 amide bonds. The molecule has 10 nitrogen and oxygen atoms in total. The summed E-state index contributed by atoms with van der Waals surface area (Å²) in [5.41, 5.74) is 2.47. The van der Waals surface area contributed by atoms with Crippen LogP contribution in [0.2, 0.25) is 0 Å². The third-order valence-corrected chi connectivity index (χ3v) is 10.4. The van der Waals surface area contributed by atoms with Gasteiger partial charge in [-0.1, -0.05) is 6.42 Å². The number of aldehydes is 1. The van der Waals surface area contributed by atoms with Crippen molar-refractivity contribution in [2.24, 2.45) is 5.92 Å². The molecule has 11 heteroatoms. The van der Waals surface area contributed by atoms with Crippen LogP contribution >= 0.6 is 11.3 Å². The Morgan fingerprint density at radius 3 is 2.83 bits per heavy atom. The molecular formula is C30H38N6O4S. The fraction of sp³-hybridized carbons (Fsp3) is 0.567. The van der Waals surface area contributed by atoms with Crippen LogP contribution in [0.3, 0.4) is 0 Å². The Bertz CT molecular complexity index is 1440. The first-order valence-corrected chi connectivity index (χ1v) is 15.5. The van der Waals surface area contributed by atoms with Crippen molar-refractivity contribution in [3.8, 4) is 0 Å². The van der Waals surface area contributed by atoms with Crippen molar-refractivity contribution in [2.45, 2.75) is 76.9 Å². The second-order valence-electron chi connectivity index (χ2n) is 11.8. The number of morpholine rings is 1. The van der Waals surface area contributed by atoms with Gasteiger partial charge in [0.25, 0.3) is 5.91 Å². The van der Waals surface area contributed by atoms with Gasteiger partial charge in [-0.15, -0.1) is 11.3 Å². The molecule has 2 aromatic heterocycles. The first kappa shape index (κ1) is 27.8. The minimum Gasteiger partial charge on any atom is -0.377 e. The number of rotatable bonds is 5. The maximum absolute atomic E-state index is 13.3. The van der Waals surface area contributed by atoms with E-state index in [0.717, 1.165) is 71.0 Å². The summed E-state index contributed by atoms with van der Waals surface area (Å²) in [6.45, 7) is 5.73. The summed E-state index contributed by atoms with van der Waals surface area (Å²) in [4.78, 5) is 53.6. The van der Waals surface area contributed by atoms with Crippen LogP contribution < -0.4 is 10.6 Å². The van der Waals surface area contributed by atoms with Gasteiger partial charge in [0.05, 0.1) is 30.3 Å². The first-order chi connectivity index (χ1) is 19.8. The Morgan fingerprint density at radius 2 is 2.07 bits per heavy atom. The number of anilines is 1.